The highest BCUT2D eigenvalue weighted by Crippen LogP contribution is 2.25. The molecule has 0 aromatic heterocycles. The second-order valence-electron chi connectivity index (χ2n) is 3.33. The molecule has 1 aliphatic rings. The molecule has 0 aliphatic heterocycles. The lowest BCUT2D eigenvalue weighted by Crippen LogP contribution is -2.08. The Morgan fingerprint density at radius 3 is 2.45 bits per heavy atom. The second-order valence-corrected chi connectivity index (χ2v) is 3.33. The van der Waals surface area contributed by atoms with Crippen LogP contribution in [0.15, 0.2) is 11.8 Å². The normalized spacial score (nSPS) is 20.6. The average Bonchev–Trinajstić information content (AvgIpc) is 2.35. The minimum Gasteiger partial charge on any atom is -0.402 e. The fraction of sp³-hybridized carbons (Fsp3) is 0.667. The summed E-state index contributed by atoms with van der Waals surface area (Å²) in [5.41, 5.74) is 6.96. The maximum atomic E-state index is 7.66. The monoisotopic (exact) mass is 152 g/mol. The van der Waals surface area contributed by atoms with Gasteiger partial charge in [-0.15, -0.1) is 0 Å². The Kier molecular flexibility index (Phi) is 2.69. The SMILES string of the molecule is C/C(N)=C/C(=N)C1CCCC1. The molecule has 0 bridgehead atoms. The van der Waals surface area contributed by atoms with E-state index in [1.165, 1.54) is 25.7 Å². The first-order valence-electron chi connectivity index (χ1n) is 4.22. The molecule has 2 heteroatoms. The summed E-state index contributed by atoms with van der Waals surface area (Å²) in [6.45, 7) is 1.84. The standard InChI is InChI=1S/C9H16N2/c1-7(10)6-9(11)8-4-2-3-5-8/h6,8,11H,2-5,10H2,1H3/b7-6-,11-9?. The lowest BCUT2D eigenvalue weighted by molar-refractivity contribution is 0.727. The van der Waals surface area contributed by atoms with Crippen molar-refractivity contribution >= 4 is 5.71 Å². The van der Waals surface area contributed by atoms with Gasteiger partial charge in [0.05, 0.1) is 0 Å². The van der Waals surface area contributed by atoms with Gasteiger partial charge in [0.25, 0.3) is 0 Å². The van der Waals surface area contributed by atoms with Crippen LogP contribution in [0.4, 0.5) is 0 Å². The van der Waals surface area contributed by atoms with Crippen LogP contribution in [0, 0.1) is 11.3 Å². The lowest BCUT2D eigenvalue weighted by Gasteiger charge is -2.06. The number of hydrogen-bond acceptors (Lipinski definition) is 2. The third-order valence-corrected chi connectivity index (χ3v) is 2.18. The summed E-state index contributed by atoms with van der Waals surface area (Å²) in [6, 6.07) is 0. The first-order valence-corrected chi connectivity index (χ1v) is 4.22. The highest BCUT2D eigenvalue weighted by molar-refractivity contribution is 5.94. The third-order valence-electron chi connectivity index (χ3n) is 2.18. The fourth-order valence-corrected chi connectivity index (χ4v) is 1.60. The molecule has 0 aromatic carbocycles. The van der Waals surface area contributed by atoms with Crippen LogP contribution in [-0.2, 0) is 0 Å². The van der Waals surface area contributed by atoms with Crippen LogP contribution < -0.4 is 5.73 Å². The zero-order valence-corrected chi connectivity index (χ0v) is 7.06. The van der Waals surface area contributed by atoms with Gasteiger partial charge in [-0.3, -0.25) is 0 Å². The first kappa shape index (κ1) is 8.31. The molecule has 2 nitrogen and oxygen atoms in total. The van der Waals surface area contributed by atoms with E-state index in [4.69, 9.17) is 11.1 Å². The van der Waals surface area contributed by atoms with Crippen LogP contribution in [0.25, 0.3) is 0 Å². The number of rotatable bonds is 2. The molecule has 0 amide bonds. The Morgan fingerprint density at radius 1 is 1.45 bits per heavy atom. The highest BCUT2D eigenvalue weighted by Gasteiger charge is 2.17. The fourth-order valence-electron chi connectivity index (χ4n) is 1.60. The van der Waals surface area contributed by atoms with E-state index in [0.717, 1.165) is 11.4 Å². The van der Waals surface area contributed by atoms with E-state index in [0.29, 0.717) is 5.92 Å². The Morgan fingerprint density at radius 2 is 2.00 bits per heavy atom. The largest absolute Gasteiger partial charge is 0.402 e. The predicted octanol–water partition coefficient (Wildman–Crippen LogP) is 2.06. The zero-order valence-electron chi connectivity index (χ0n) is 7.06. The van der Waals surface area contributed by atoms with Crippen molar-refractivity contribution in [3.63, 3.8) is 0 Å². The molecular weight excluding hydrogens is 136 g/mol. The Balaban J connectivity index is 2.47. The molecule has 0 spiro atoms. The van der Waals surface area contributed by atoms with Crippen LogP contribution in [0.5, 0.6) is 0 Å². The van der Waals surface area contributed by atoms with E-state index in [9.17, 15) is 0 Å². The molecule has 3 N–H and O–H groups in total. The van der Waals surface area contributed by atoms with Crippen molar-refractivity contribution in [1.82, 2.24) is 0 Å². The van der Waals surface area contributed by atoms with Gasteiger partial charge in [-0.1, -0.05) is 12.8 Å². The van der Waals surface area contributed by atoms with Crippen LogP contribution in [-0.4, -0.2) is 5.71 Å². The predicted molar refractivity (Wildman–Crippen MR) is 47.6 cm³/mol. The summed E-state index contributed by atoms with van der Waals surface area (Å²) in [5, 5.41) is 7.66. The van der Waals surface area contributed by atoms with Crippen molar-refractivity contribution in [3.8, 4) is 0 Å². The molecule has 0 aromatic rings. The molecular formula is C9H16N2. The van der Waals surface area contributed by atoms with Crippen molar-refractivity contribution in [2.24, 2.45) is 11.7 Å². The van der Waals surface area contributed by atoms with Gasteiger partial charge >= 0.3 is 0 Å². The van der Waals surface area contributed by atoms with Crippen LogP contribution in [0.3, 0.4) is 0 Å². The van der Waals surface area contributed by atoms with Gasteiger partial charge < -0.3 is 11.1 Å². The van der Waals surface area contributed by atoms with E-state index in [2.05, 4.69) is 0 Å². The summed E-state index contributed by atoms with van der Waals surface area (Å²) in [4.78, 5) is 0. The van der Waals surface area contributed by atoms with E-state index < -0.39 is 0 Å². The van der Waals surface area contributed by atoms with Gasteiger partial charge in [0, 0.05) is 17.3 Å². The van der Waals surface area contributed by atoms with Gasteiger partial charge in [-0.2, -0.15) is 0 Å². The molecule has 0 radical (unpaired) electrons. The van der Waals surface area contributed by atoms with Crippen molar-refractivity contribution in [2.75, 3.05) is 0 Å². The molecule has 0 saturated heterocycles. The van der Waals surface area contributed by atoms with Crippen molar-refractivity contribution in [2.45, 2.75) is 32.6 Å². The Hall–Kier alpha value is -0.790. The van der Waals surface area contributed by atoms with E-state index in [1.807, 2.05) is 6.92 Å². The summed E-state index contributed by atoms with van der Waals surface area (Å²) < 4.78 is 0. The van der Waals surface area contributed by atoms with Gasteiger partial charge in [0.2, 0.25) is 0 Å². The number of nitrogens with one attached hydrogen (secondary N) is 1. The molecule has 11 heavy (non-hydrogen) atoms. The van der Waals surface area contributed by atoms with Crippen LogP contribution in [0.1, 0.15) is 32.6 Å². The van der Waals surface area contributed by atoms with Crippen LogP contribution in [0.2, 0.25) is 0 Å². The smallest absolute Gasteiger partial charge is 0.0361 e. The maximum absolute atomic E-state index is 7.66. The molecule has 0 unspecified atom stereocenters. The molecule has 1 rings (SSSR count). The van der Waals surface area contributed by atoms with Crippen molar-refractivity contribution < 1.29 is 0 Å². The first-order chi connectivity index (χ1) is 5.20. The Bertz CT molecular complexity index is 172. The third kappa shape index (κ3) is 2.37. The lowest BCUT2D eigenvalue weighted by atomic mass is 10.0. The molecule has 0 heterocycles. The molecule has 62 valence electrons. The summed E-state index contributed by atoms with van der Waals surface area (Å²) in [6.07, 6.45) is 6.72. The minimum absolute atomic E-state index is 0.494. The van der Waals surface area contributed by atoms with Gasteiger partial charge in [0.15, 0.2) is 0 Å². The topological polar surface area (TPSA) is 49.9 Å². The van der Waals surface area contributed by atoms with E-state index in [1.54, 1.807) is 6.08 Å². The van der Waals surface area contributed by atoms with Crippen LogP contribution >= 0.6 is 0 Å². The quantitative estimate of drug-likeness (QED) is 0.584. The summed E-state index contributed by atoms with van der Waals surface area (Å²) in [7, 11) is 0. The Labute approximate surface area is 68.0 Å². The molecule has 1 fully saturated rings. The van der Waals surface area contributed by atoms with Crippen molar-refractivity contribution in [1.29, 1.82) is 5.41 Å². The average molecular weight is 152 g/mol. The van der Waals surface area contributed by atoms with E-state index in [-0.39, 0.29) is 0 Å². The highest BCUT2D eigenvalue weighted by atomic mass is 14.6. The number of nitrogens with two attached hydrogens (primary N) is 1. The maximum Gasteiger partial charge on any atom is 0.0361 e. The number of hydrogen-bond donors (Lipinski definition) is 2. The molecule has 0 atom stereocenters. The van der Waals surface area contributed by atoms with E-state index >= 15 is 0 Å². The van der Waals surface area contributed by atoms with Crippen molar-refractivity contribution in [3.05, 3.63) is 11.8 Å². The molecule has 1 saturated carbocycles. The summed E-state index contributed by atoms with van der Waals surface area (Å²) in [5.74, 6) is 0.494. The van der Waals surface area contributed by atoms with Gasteiger partial charge in [-0.05, 0) is 25.8 Å². The zero-order chi connectivity index (χ0) is 8.27. The van der Waals surface area contributed by atoms with Gasteiger partial charge in [-0.25, -0.2) is 0 Å². The van der Waals surface area contributed by atoms with Gasteiger partial charge in [0.1, 0.15) is 0 Å². The summed E-state index contributed by atoms with van der Waals surface area (Å²) >= 11 is 0. The minimum atomic E-state index is 0.494. The second kappa shape index (κ2) is 3.56. The number of allylic oxidation sites excluding steroid dienone is 2. The molecule has 1 aliphatic carbocycles.